The summed E-state index contributed by atoms with van der Waals surface area (Å²) in [5.41, 5.74) is 15.7. The van der Waals surface area contributed by atoms with Crippen LogP contribution in [0.1, 0.15) is 95.1 Å². The molecule has 0 saturated carbocycles. The van der Waals surface area contributed by atoms with Crippen LogP contribution in [0, 0.1) is 0 Å². The van der Waals surface area contributed by atoms with Crippen LogP contribution in [-0.2, 0) is 11.8 Å². The van der Waals surface area contributed by atoms with Gasteiger partial charge in [-0.1, -0.05) is 139 Å². The third-order valence-electron chi connectivity index (χ3n) is 12.4. The Bertz CT molecular complexity index is 2410. The maximum absolute atomic E-state index is 2.67. The second-order valence-electron chi connectivity index (χ2n) is 15.1. The van der Waals surface area contributed by atoms with E-state index < -0.39 is 0 Å². The van der Waals surface area contributed by atoms with E-state index in [2.05, 4.69) is 162 Å². The van der Waals surface area contributed by atoms with Crippen LogP contribution in [0.25, 0.3) is 17.8 Å². The van der Waals surface area contributed by atoms with Crippen molar-refractivity contribution in [3.63, 3.8) is 0 Å². The molecule has 0 amide bonds. The predicted octanol–water partition coefficient (Wildman–Crippen LogP) is 12.9. The Labute approximate surface area is 316 Å². The second-order valence-corrected chi connectivity index (χ2v) is 17.5. The highest BCUT2D eigenvalue weighted by Crippen LogP contribution is 2.64. The smallest absolute Gasteiger partial charge is 0.0704 e. The third-order valence-corrected chi connectivity index (χ3v) is 15.0. The summed E-state index contributed by atoms with van der Waals surface area (Å²) in [5.74, 6) is 0.704. The summed E-state index contributed by atoms with van der Waals surface area (Å²) in [6, 6.07) is 28.1. The summed E-state index contributed by atoms with van der Waals surface area (Å²) in [6.07, 6.45) is 36.7. The molecule has 3 heteroatoms. The minimum Gasteiger partial charge on any atom is -0.316 e. The molecular weight excluding hydrogens is 667 g/mol. The molecule has 2 aliphatic heterocycles. The fourth-order valence-electron chi connectivity index (χ4n) is 10.2. The Morgan fingerprint density at radius 1 is 0.712 bits per heavy atom. The number of thioether (sulfide) groups is 2. The lowest BCUT2D eigenvalue weighted by Gasteiger charge is -2.51. The van der Waals surface area contributed by atoms with Crippen LogP contribution < -0.4 is 0 Å². The number of aromatic nitrogens is 1. The van der Waals surface area contributed by atoms with Crippen molar-refractivity contribution in [3.8, 4) is 0 Å². The Balaban J connectivity index is 1.10. The molecule has 0 N–H and O–H groups in total. The monoisotopic (exact) mass is 707 g/mol. The lowest BCUT2D eigenvalue weighted by Crippen LogP contribution is -2.42. The zero-order chi connectivity index (χ0) is 34.2. The van der Waals surface area contributed by atoms with E-state index in [1.807, 2.05) is 11.8 Å². The first kappa shape index (κ1) is 31.1. The lowest BCUT2D eigenvalue weighted by atomic mass is 9.60. The van der Waals surface area contributed by atoms with Gasteiger partial charge in [0, 0.05) is 55.1 Å². The molecule has 0 bridgehead atoms. The summed E-state index contributed by atoms with van der Waals surface area (Å²) < 4.78 is 2.67. The molecule has 0 radical (unpaired) electrons. The summed E-state index contributed by atoms with van der Waals surface area (Å²) in [7, 11) is 0. The predicted molar refractivity (Wildman–Crippen MR) is 221 cm³/mol. The number of rotatable bonds is 3. The summed E-state index contributed by atoms with van der Waals surface area (Å²) in [6.45, 7) is 0. The summed E-state index contributed by atoms with van der Waals surface area (Å²) in [4.78, 5) is 4.39. The van der Waals surface area contributed by atoms with Crippen LogP contribution in [0.4, 0.5) is 0 Å². The van der Waals surface area contributed by atoms with E-state index in [4.69, 9.17) is 0 Å². The number of allylic oxidation sites excluding steroid dienone is 13. The van der Waals surface area contributed by atoms with Gasteiger partial charge in [0.25, 0.3) is 0 Å². The molecule has 0 saturated heterocycles. The SMILES string of the molecule is C1=CCC2Sc3cc(C4CC=Cc5c6c(n(C7=CCCC=C7)c54)CCC=C6)ccc3C3(C2=C1)C1=C(CC(c2ccccc2)C=C1)Sc1ccccc13. The van der Waals surface area contributed by atoms with Crippen molar-refractivity contribution in [2.24, 2.45) is 0 Å². The fraction of sp³-hybridized carbons (Fsp3) is 0.224. The molecule has 0 fully saturated rings. The van der Waals surface area contributed by atoms with Gasteiger partial charge in [0.15, 0.2) is 0 Å². The van der Waals surface area contributed by atoms with Crippen LogP contribution in [0.5, 0.6) is 0 Å². The van der Waals surface area contributed by atoms with Crippen molar-refractivity contribution in [2.45, 2.75) is 77.2 Å². The molecule has 1 spiro atoms. The standard InChI is InChI=1S/C49H41NS2/c1-3-14-32(15-4-1)33-26-28-41-46(30-33)51-44-24-11-8-21-39(44)49(41)40-22-9-12-25-45(40)52-47-31-34(27-29-42(47)49)36-19-13-20-38-37-18-7-10-23-43(37)50(48(36)38)35-16-5-2-6-17-35/h1,3-5,7-9,11-18,20-22,24,26-29,31,33,36,45H,2,6,10,19,23,25,30H2. The Hall–Kier alpha value is -4.44. The zero-order valence-corrected chi connectivity index (χ0v) is 30.9. The van der Waals surface area contributed by atoms with Crippen LogP contribution in [0.15, 0.2) is 159 Å². The molecule has 7 aliphatic rings. The molecule has 3 heterocycles. The lowest BCUT2D eigenvalue weighted by molar-refractivity contribution is 0.625. The molecule has 4 unspecified atom stereocenters. The average molecular weight is 708 g/mol. The van der Waals surface area contributed by atoms with Gasteiger partial charge in [-0.2, -0.15) is 0 Å². The fourth-order valence-corrected chi connectivity index (χ4v) is 13.0. The first-order valence-corrected chi connectivity index (χ1v) is 20.9. The van der Waals surface area contributed by atoms with Crippen LogP contribution in [-0.4, -0.2) is 9.82 Å². The quantitative estimate of drug-likeness (QED) is 0.209. The molecule has 52 heavy (non-hydrogen) atoms. The van der Waals surface area contributed by atoms with Crippen molar-refractivity contribution in [1.29, 1.82) is 0 Å². The molecule has 11 rings (SSSR count). The van der Waals surface area contributed by atoms with Crippen molar-refractivity contribution in [1.82, 2.24) is 4.57 Å². The Morgan fingerprint density at radius 3 is 2.50 bits per heavy atom. The van der Waals surface area contributed by atoms with Crippen molar-refractivity contribution in [3.05, 3.63) is 194 Å². The van der Waals surface area contributed by atoms with E-state index in [0.29, 0.717) is 17.1 Å². The molecule has 1 aromatic heterocycles. The van der Waals surface area contributed by atoms with E-state index >= 15 is 0 Å². The van der Waals surface area contributed by atoms with E-state index in [-0.39, 0.29) is 5.41 Å². The number of fused-ring (bicyclic) bond motifs is 10. The largest absolute Gasteiger partial charge is 0.316 e. The third kappa shape index (κ3) is 4.58. The van der Waals surface area contributed by atoms with Gasteiger partial charge in [0.05, 0.1) is 5.41 Å². The first-order chi connectivity index (χ1) is 25.8. The number of nitrogens with zero attached hydrogens (tertiary/aromatic N) is 1. The highest BCUT2D eigenvalue weighted by atomic mass is 32.2. The maximum atomic E-state index is 2.67. The highest BCUT2D eigenvalue weighted by Gasteiger charge is 2.52. The topological polar surface area (TPSA) is 4.93 Å². The summed E-state index contributed by atoms with van der Waals surface area (Å²) >= 11 is 4.12. The number of hydrogen-bond donors (Lipinski definition) is 0. The number of hydrogen-bond acceptors (Lipinski definition) is 2. The van der Waals surface area contributed by atoms with E-state index in [9.17, 15) is 0 Å². The Kier molecular flexibility index (Phi) is 7.37. The van der Waals surface area contributed by atoms with E-state index in [1.54, 1.807) is 5.57 Å². The Morgan fingerprint density at radius 2 is 1.58 bits per heavy atom. The summed E-state index contributed by atoms with van der Waals surface area (Å²) in [5, 5.41) is 0.401. The van der Waals surface area contributed by atoms with E-state index in [1.165, 1.54) is 70.7 Å². The van der Waals surface area contributed by atoms with Gasteiger partial charge in [0.1, 0.15) is 0 Å². The first-order valence-electron chi connectivity index (χ1n) is 19.2. The normalized spacial score (nSPS) is 26.2. The van der Waals surface area contributed by atoms with Gasteiger partial charge in [-0.15, -0.1) is 11.8 Å². The average Bonchev–Trinajstić information content (AvgIpc) is 3.56. The second kappa shape index (κ2) is 12.3. The zero-order valence-electron chi connectivity index (χ0n) is 29.3. The minimum absolute atomic E-state index is 0.302. The molecule has 254 valence electrons. The van der Waals surface area contributed by atoms with Gasteiger partial charge < -0.3 is 4.57 Å². The van der Waals surface area contributed by atoms with Gasteiger partial charge in [-0.05, 0) is 101 Å². The molecule has 1 nitrogen and oxygen atoms in total. The minimum atomic E-state index is -0.302. The van der Waals surface area contributed by atoms with Crippen molar-refractivity contribution >= 4 is 41.4 Å². The van der Waals surface area contributed by atoms with Gasteiger partial charge in [-0.25, -0.2) is 0 Å². The van der Waals surface area contributed by atoms with E-state index in [0.717, 1.165) is 44.9 Å². The maximum Gasteiger partial charge on any atom is 0.0704 e. The van der Waals surface area contributed by atoms with Crippen molar-refractivity contribution < 1.29 is 0 Å². The molecular formula is C49H41NS2. The van der Waals surface area contributed by atoms with Crippen LogP contribution >= 0.6 is 23.5 Å². The van der Waals surface area contributed by atoms with Crippen LogP contribution in [0.3, 0.4) is 0 Å². The molecule has 5 aliphatic carbocycles. The van der Waals surface area contributed by atoms with Gasteiger partial charge in [-0.3, -0.25) is 0 Å². The van der Waals surface area contributed by atoms with Crippen molar-refractivity contribution in [2.75, 3.05) is 0 Å². The highest BCUT2D eigenvalue weighted by molar-refractivity contribution is 8.03. The number of benzene rings is 3. The molecule has 4 aromatic rings. The molecule has 3 aromatic carbocycles. The van der Waals surface area contributed by atoms with Crippen LogP contribution in [0.2, 0.25) is 0 Å². The molecule has 4 atom stereocenters. The van der Waals surface area contributed by atoms with Gasteiger partial charge in [0.2, 0.25) is 0 Å². The van der Waals surface area contributed by atoms with Gasteiger partial charge >= 0.3 is 0 Å².